The molecule has 1 amide bonds. The molecule has 0 aliphatic rings. The molecule has 2 aromatic carbocycles. The van der Waals surface area contributed by atoms with Gasteiger partial charge in [-0.25, -0.2) is 0 Å². The molecule has 0 aliphatic heterocycles. The first-order chi connectivity index (χ1) is 11.5. The molecule has 5 heteroatoms. The van der Waals surface area contributed by atoms with Crippen LogP contribution in [0.4, 0.5) is 0 Å². The SMILES string of the molecule is Cc1cc(CNC(=O)C(C)Oc2ccc3ccccc3c2)n(C)n1. The Morgan fingerprint density at radius 3 is 2.67 bits per heavy atom. The van der Waals surface area contributed by atoms with Crippen molar-refractivity contribution in [2.45, 2.75) is 26.5 Å². The molecule has 1 N–H and O–H groups in total. The predicted octanol–water partition coefficient (Wildman–Crippen LogP) is 2.97. The molecule has 0 spiro atoms. The van der Waals surface area contributed by atoms with Crippen molar-refractivity contribution in [3.8, 4) is 5.75 Å². The number of ether oxygens (including phenoxy) is 1. The van der Waals surface area contributed by atoms with Gasteiger partial charge in [-0.15, -0.1) is 0 Å². The number of nitrogens with zero attached hydrogens (tertiary/aromatic N) is 2. The third kappa shape index (κ3) is 3.56. The molecule has 0 bridgehead atoms. The number of hydrogen-bond acceptors (Lipinski definition) is 3. The number of aryl methyl sites for hydroxylation is 2. The summed E-state index contributed by atoms with van der Waals surface area (Å²) in [5.74, 6) is 0.537. The minimum atomic E-state index is -0.569. The largest absolute Gasteiger partial charge is 0.481 e. The van der Waals surface area contributed by atoms with Crippen LogP contribution in [0.3, 0.4) is 0 Å². The number of rotatable bonds is 5. The Balaban J connectivity index is 1.61. The molecular formula is C19H21N3O2. The van der Waals surface area contributed by atoms with E-state index >= 15 is 0 Å². The van der Waals surface area contributed by atoms with Crippen molar-refractivity contribution in [2.75, 3.05) is 0 Å². The van der Waals surface area contributed by atoms with E-state index in [2.05, 4.69) is 10.4 Å². The van der Waals surface area contributed by atoms with Crippen LogP contribution in [0.2, 0.25) is 0 Å². The number of nitrogens with one attached hydrogen (secondary N) is 1. The van der Waals surface area contributed by atoms with E-state index in [4.69, 9.17) is 4.74 Å². The van der Waals surface area contributed by atoms with Crippen molar-refractivity contribution in [2.24, 2.45) is 7.05 Å². The van der Waals surface area contributed by atoms with Crippen LogP contribution in [0.15, 0.2) is 48.5 Å². The van der Waals surface area contributed by atoms with E-state index in [-0.39, 0.29) is 5.91 Å². The second-order valence-electron chi connectivity index (χ2n) is 5.89. The standard InChI is InChI=1S/C19H21N3O2/c1-13-10-17(22(3)21-13)12-20-19(23)14(2)24-18-9-8-15-6-4-5-7-16(15)11-18/h4-11,14H,12H2,1-3H3,(H,20,23). The van der Waals surface area contributed by atoms with E-state index in [1.807, 2.05) is 62.5 Å². The normalized spacial score (nSPS) is 12.1. The second-order valence-corrected chi connectivity index (χ2v) is 5.89. The van der Waals surface area contributed by atoms with Crippen LogP contribution in [0.5, 0.6) is 5.75 Å². The van der Waals surface area contributed by atoms with Gasteiger partial charge in [-0.1, -0.05) is 30.3 Å². The third-order valence-electron chi connectivity index (χ3n) is 3.95. The molecule has 0 radical (unpaired) electrons. The maximum absolute atomic E-state index is 12.2. The summed E-state index contributed by atoms with van der Waals surface area (Å²) >= 11 is 0. The minimum absolute atomic E-state index is 0.151. The van der Waals surface area contributed by atoms with Gasteiger partial charge < -0.3 is 10.1 Å². The van der Waals surface area contributed by atoms with Crippen molar-refractivity contribution in [1.82, 2.24) is 15.1 Å². The van der Waals surface area contributed by atoms with Crippen molar-refractivity contribution in [3.63, 3.8) is 0 Å². The molecule has 3 rings (SSSR count). The fraction of sp³-hybridized carbons (Fsp3) is 0.263. The third-order valence-corrected chi connectivity index (χ3v) is 3.95. The van der Waals surface area contributed by atoms with Crippen molar-refractivity contribution < 1.29 is 9.53 Å². The zero-order chi connectivity index (χ0) is 17.1. The summed E-state index contributed by atoms with van der Waals surface area (Å²) in [6.45, 7) is 4.11. The Morgan fingerprint density at radius 1 is 1.21 bits per heavy atom. The van der Waals surface area contributed by atoms with Crippen LogP contribution >= 0.6 is 0 Å². The van der Waals surface area contributed by atoms with Crippen LogP contribution < -0.4 is 10.1 Å². The van der Waals surface area contributed by atoms with Gasteiger partial charge in [0.15, 0.2) is 6.10 Å². The highest BCUT2D eigenvalue weighted by Gasteiger charge is 2.15. The first-order valence-corrected chi connectivity index (χ1v) is 7.95. The monoisotopic (exact) mass is 323 g/mol. The van der Waals surface area contributed by atoms with Crippen LogP contribution in [-0.2, 0) is 18.4 Å². The van der Waals surface area contributed by atoms with Crippen LogP contribution in [-0.4, -0.2) is 21.8 Å². The van der Waals surface area contributed by atoms with Gasteiger partial charge in [0.05, 0.1) is 17.9 Å². The summed E-state index contributed by atoms with van der Waals surface area (Å²) in [4.78, 5) is 12.2. The van der Waals surface area contributed by atoms with E-state index in [0.29, 0.717) is 12.3 Å². The molecule has 0 saturated carbocycles. The van der Waals surface area contributed by atoms with E-state index in [1.54, 1.807) is 11.6 Å². The van der Waals surface area contributed by atoms with Crippen molar-refractivity contribution >= 4 is 16.7 Å². The van der Waals surface area contributed by atoms with Crippen LogP contribution in [0.1, 0.15) is 18.3 Å². The molecule has 0 aliphatic carbocycles. The highest BCUT2D eigenvalue weighted by Crippen LogP contribution is 2.21. The number of carbonyl (C=O) groups excluding carboxylic acids is 1. The Morgan fingerprint density at radius 2 is 1.96 bits per heavy atom. The average molecular weight is 323 g/mol. The van der Waals surface area contributed by atoms with Gasteiger partial charge in [-0.3, -0.25) is 9.48 Å². The molecule has 0 saturated heterocycles. The number of carbonyl (C=O) groups is 1. The summed E-state index contributed by atoms with van der Waals surface area (Å²) in [6, 6.07) is 15.8. The zero-order valence-electron chi connectivity index (χ0n) is 14.1. The molecule has 1 atom stereocenters. The lowest BCUT2D eigenvalue weighted by molar-refractivity contribution is -0.127. The Labute approximate surface area is 141 Å². The van der Waals surface area contributed by atoms with Gasteiger partial charge in [0, 0.05) is 7.05 Å². The quantitative estimate of drug-likeness (QED) is 0.785. The fourth-order valence-electron chi connectivity index (χ4n) is 2.65. The smallest absolute Gasteiger partial charge is 0.261 e. The number of fused-ring (bicyclic) bond motifs is 1. The zero-order valence-corrected chi connectivity index (χ0v) is 14.1. The summed E-state index contributed by atoms with van der Waals surface area (Å²) in [5.41, 5.74) is 1.89. The highest BCUT2D eigenvalue weighted by atomic mass is 16.5. The molecule has 5 nitrogen and oxygen atoms in total. The van der Waals surface area contributed by atoms with Crippen molar-refractivity contribution in [1.29, 1.82) is 0 Å². The second kappa shape index (κ2) is 6.74. The fourth-order valence-corrected chi connectivity index (χ4v) is 2.65. The van der Waals surface area contributed by atoms with Gasteiger partial charge in [-0.05, 0) is 42.8 Å². The van der Waals surface area contributed by atoms with Gasteiger partial charge in [0.2, 0.25) is 0 Å². The van der Waals surface area contributed by atoms with Gasteiger partial charge >= 0.3 is 0 Å². The molecule has 3 aromatic rings. The molecule has 1 unspecified atom stereocenters. The maximum Gasteiger partial charge on any atom is 0.261 e. The maximum atomic E-state index is 12.2. The minimum Gasteiger partial charge on any atom is -0.481 e. The van der Waals surface area contributed by atoms with Gasteiger partial charge in [0.25, 0.3) is 5.91 Å². The van der Waals surface area contributed by atoms with Crippen molar-refractivity contribution in [3.05, 3.63) is 59.9 Å². The van der Waals surface area contributed by atoms with E-state index in [9.17, 15) is 4.79 Å². The Kier molecular flexibility index (Phi) is 4.51. The number of aromatic nitrogens is 2. The molecule has 124 valence electrons. The lowest BCUT2D eigenvalue weighted by Gasteiger charge is -2.15. The molecule has 1 aromatic heterocycles. The topological polar surface area (TPSA) is 56.1 Å². The summed E-state index contributed by atoms with van der Waals surface area (Å²) < 4.78 is 7.54. The highest BCUT2D eigenvalue weighted by molar-refractivity contribution is 5.84. The van der Waals surface area contributed by atoms with Gasteiger partial charge in [-0.2, -0.15) is 5.10 Å². The summed E-state index contributed by atoms with van der Waals surface area (Å²) in [7, 11) is 1.86. The molecule has 0 fully saturated rings. The number of benzene rings is 2. The van der Waals surface area contributed by atoms with Crippen LogP contribution in [0.25, 0.3) is 10.8 Å². The Bertz CT molecular complexity index is 870. The van der Waals surface area contributed by atoms with E-state index in [1.165, 1.54) is 0 Å². The summed E-state index contributed by atoms with van der Waals surface area (Å²) in [6.07, 6.45) is -0.569. The van der Waals surface area contributed by atoms with Crippen LogP contribution in [0, 0.1) is 6.92 Å². The first-order valence-electron chi connectivity index (χ1n) is 7.95. The average Bonchev–Trinajstić information content (AvgIpc) is 2.90. The van der Waals surface area contributed by atoms with E-state index < -0.39 is 6.10 Å². The number of hydrogen-bond donors (Lipinski definition) is 1. The van der Waals surface area contributed by atoms with Gasteiger partial charge in [0.1, 0.15) is 5.75 Å². The summed E-state index contributed by atoms with van der Waals surface area (Å²) in [5, 5.41) is 9.39. The Hall–Kier alpha value is -2.82. The molecule has 24 heavy (non-hydrogen) atoms. The first kappa shape index (κ1) is 16.1. The lowest BCUT2D eigenvalue weighted by Crippen LogP contribution is -2.36. The lowest BCUT2D eigenvalue weighted by atomic mass is 10.1. The predicted molar refractivity (Wildman–Crippen MR) is 93.8 cm³/mol. The van der Waals surface area contributed by atoms with E-state index in [0.717, 1.165) is 22.2 Å². The molecular weight excluding hydrogens is 302 g/mol. The molecule has 1 heterocycles. The number of amides is 1.